The normalized spacial score (nSPS) is 13.2. The lowest BCUT2D eigenvalue weighted by molar-refractivity contribution is 0.102. The van der Waals surface area contributed by atoms with Crippen LogP contribution in [-0.2, 0) is 6.54 Å². The molecule has 1 aliphatic carbocycles. The molecule has 0 saturated heterocycles. The number of benzene rings is 2. The maximum absolute atomic E-state index is 14.0. The number of halogens is 1. The number of ether oxygens (including phenoxy) is 1. The Bertz CT molecular complexity index is 1570. The smallest absolute Gasteiger partial charge is 0.259 e. The van der Waals surface area contributed by atoms with Gasteiger partial charge in [-0.15, -0.1) is 5.10 Å². The van der Waals surface area contributed by atoms with Gasteiger partial charge in [-0.05, 0) is 49.2 Å². The van der Waals surface area contributed by atoms with E-state index in [0.717, 1.165) is 24.1 Å². The molecule has 0 unspecified atom stereocenters. The highest BCUT2D eigenvalue weighted by molar-refractivity contribution is 6.14. The molecule has 0 atom stereocenters. The Morgan fingerprint density at radius 1 is 1.19 bits per heavy atom. The molecule has 1 fully saturated rings. The fourth-order valence-electron chi connectivity index (χ4n) is 4.08. The van der Waals surface area contributed by atoms with E-state index in [-0.39, 0.29) is 18.3 Å². The van der Waals surface area contributed by atoms with Gasteiger partial charge in [-0.3, -0.25) is 10.1 Å². The highest BCUT2D eigenvalue weighted by atomic mass is 19.1. The Morgan fingerprint density at radius 2 is 2.00 bits per heavy atom. The van der Waals surface area contributed by atoms with Crippen LogP contribution in [-0.4, -0.2) is 37.9 Å². The predicted molar refractivity (Wildman–Crippen MR) is 129 cm³/mol. The molecule has 1 N–H and O–H groups in total. The first-order valence-electron chi connectivity index (χ1n) is 11.5. The van der Waals surface area contributed by atoms with E-state index in [9.17, 15) is 9.18 Å². The third-order valence-electron chi connectivity index (χ3n) is 6.12. The molecule has 9 nitrogen and oxygen atoms in total. The van der Waals surface area contributed by atoms with Crippen molar-refractivity contribution in [1.29, 1.82) is 0 Å². The predicted octanol–water partition coefficient (Wildman–Crippen LogP) is 4.81. The van der Waals surface area contributed by atoms with Gasteiger partial charge in [-0.2, -0.15) is 0 Å². The van der Waals surface area contributed by atoms with E-state index in [1.807, 2.05) is 24.3 Å². The number of rotatable bonds is 7. The summed E-state index contributed by atoms with van der Waals surface area (Å²) < 4.78 is 26.3. The summed E-state index contributed by atoms with van der Waals surface area (Å²) in [6, 6.07) is 15.6. The SMILES string of the molecule is COc1ccc(-c2noc3nc(C4CC4)cc(C(=O)Nc4ncn(Cc5ccccc5F)n4)c23)cc1. The van der Waals surface area contributed by atoms with Gasteiger partial charge >= 0.3 is 0 Å². The van der Waals surface area contributed by atoms with Crippen molar-refractivity contribution in [3.8, 4) is 17.0 Å². The number of aromatic nitrogens is 5. The maximum Gasteiger partial charge on any atom is 0.259 e. The minimum absolute atomic E-state index is 0.108. The van der Waals surface area contributed by atoms with Crippen molar-refractivity contribution in [2.45, 2.75) is 25.3 Å². The van der Waals surface area contributed by atoms with Crippen LogP contribution in [0.2, 0.25) is 0 Å². The van der Waals surface area contributed by atoms with Gasteiger partial charge < -0.3 is 9.26 Å². The van der Waals surface area contributed by atoms with Crippen molar-refractivity contribution in [2.75, 3.05) is 12.4 Å². The third kappa shape index (κ3) is 4.17. The van der Waals surface area contributed by atoms with Gasteiger partial charge in [-0.25, -0.2) is 19.0 Å². The summed E-state index contributed by atoms with van der Waals surface area (Å²) in [6.07, 6.45) is 3.48. The monoisotopic (exact) mass is 484 g/mol. The number of carbonyl (C=O) groups excluding carboxylic acids is 1. The summed E-state index contributed by atoms with van der Waals surface area (Å²) in [7, 11) is 1.60. The van der Waals surface area contributed by atoms with E-state index in [4.69, 9.17) is 9.26 Å². The molecule has 0 bridgehead atoms. The van der Waals surface area contributed by atoms with Crippen molar-refractivity contribution < 1.29 is 18.4 Å². The molecule has 3 aromatic heterocycles. The van der Waals surface area contributed by atoms with Crippen molar-refractivity contribution in [1.82, 2.24) is 24.9 Å². The molecule has 36 heavy (non-hydrogen) atoms. The lowest BCUT2D eigenvalue weighted by Crippen LogP contribution is -2.15. The van der Waals surface area contributed by atoms with Crippen LogP contribution >= 0.6 is 0 Å². The van der Waals surface area contributed by atoms with Crippen molar-refractivity contribution in [3.63, 3.8) is 0 Å². The van der Waals surface area contributed by atoms with E-state index < -0.39 is 5.91 Å². The van der Waals surface area contributed by atoms with Crippen molar-refractivity contribution in [2.24, 2.45) is 0 Å². The number of nitrogens with zero attached hydrogens (tertiary/aromatic N) is 5. The molecule has 0 radical (unpaired) electrons. The Balaban J connectivity index is 1.33. The molecule has 1 saturated carbocycles. The molecule has 6 rings (SSSR count). The van der Waals surface area contributed by atoms with Crippen LogP contribution in [0.15, 0.2) is 65.4 Å². The van der Waals surface area contributed by atoms with E-state index in [1.165, 1.54) is 17.1 Å². The first-order chi connectivity index (χ1) is 17.6. The minimum atomic E-state index is -0.411. The zero-order chi connectivity index (χ0) is 24.6. The van der Waals surface area contributed by atoms with Gasteiger partial charge in [-0.1, -0.05) is 23.4 Å². The lowest BCUT2D eigenvalue weighted by atomic mass is 10.0. The quantitative estimate of drug-likeness (QED) is 0.353. The number of nitrogens with one attached hydrogen (secondary N) is 1. The molecule has 1 amide bonds. The summed E-state index contributed by atoms with van der Waals surface area (Å²) in [4.78, 5) is 22.2. The minimum Gasteiger partial charge on any atom is -0.497 e. The standard InChI is InChI=1S/C26H21FN6O3/c1-35-18-10-8-16(9-11-18)23-22-19(12-21(15-6-7-15)29-25(22)36-32-23)24(34)30-26-28-14-33(31-26)13-17-4-2-3-5-20(17)27/h2-5,8-12,14-15H,6-7,13H2,1H3,(H,30,31,34). The average molecular weight is 484 g/mol. The van der Waals surface area contributed by atoms with Crippen LogP contribution in [0.5, 0.6) is 5.75 Å². The number of amides is 1. The van der Waals surface area contributed by atoms with Gasteiger partial charge in [0.2, 0.25) is 5.95 Å². The number of fused-ring (bicyclic) bond motifs is 1. The summed E-state index contributed by atoms with van der Waals surface area (Å²) >= 11 is 0. The molecular weight excluding hydrogens is 463 g/mol. The van der Waals surface area contributed by atoms with Crippen LogP contribution in [0.3, 0.4) is 0 Å². The second-order valence-corrected chi connectivity index (χ2v) is 8.62. The third-order valence-corrected chi connectivity index (χ3v) is 6.12. The zero-order valence-corrected chi connectivity index (χ0v) is 19.3. The van der Waals surface area contributed by atoms with E-state index in [0.29, 0.717) is 39.6 Å². The Labute approximate surface area is 204 Å². The Kier molecular flexibility index (Phi) is 5.40. The molecule has 0 spiro atoms. The Hall–Kier alpha value is -4.60. The van der Waals surface area contributed by atoms with Crippen LogP contribution in [0, 0.1) is 5.82 Å². The first kappa shape index (κ1) is 21.9. The van der Waals surface area contributed by atoms with Crippen LogP contribution < -0.4 is 10.1 Å². The highest BCUT2D eigenvalue weighted by Crippen LogP contribution is 2.41. The number of methoxy groups -OCH3 is 1. The average Bonchev–Trinajstić information content (AvgIpc) is 3.52. The topological polar surface area (TPSA) is 108 Å². The largest absolute Gasteiger partial charge is 0.497 e. The summed E-state index contributed by atoms with van der Waals surface area (Å²) in [5, 5.41) is 11.8. The molecule has 1 aliphatic rings. The fraction of sp³-hybridized carbons (Fsp3) is 0.192. The highest BCUT2D eigenvalue weighted by Gasteiger charge is 2.29. The molecule has 3 heterocycles. The number of anilines is 1. The van der Waals surface area contributed by atoms with Crippen molar-refractivity contribution >= 4 is 23.0 Å². The van der Waals surface area contributed by atoms with Gasteiger partial charge in [0.25, 0.3) is 11.6 Å². The zero-order valence-electron chi connectivity index (χ0n) is 19.3. The van der Waals surface area contributed by atoms with Crippen molar-refractivity contribution in [3.05, 3.63) is 83.6 Å². The van der Waals surface area contributed by atoms with Crippen LogP contribution in [0.4, 0.5) is 10.3 Å². The fourth-order valence-corrected chi connectivity index (χ4v) is 4.08. The number of pyridine rings is 1. The first-order valence-corrected chi connectivity index (χ1v) is 11.5. The number of hydrogen-bond donors (Lipinski definition) is 1. The second-order valence-electron chi connectivity index (χ2n) is 8.62. The molecule has 5 aromatic rings. The molecular formula is C26H21FN6O3. The van der Waals surface area contributed by atoms with E-state index in [2.05, 4.69) is 25.5 Å². The molecule has 180 valence electrons. The summed E-state index contributed by atoms with van der Waals surface area (Å²) in [6.45, 7) is 0.189. The Morgan fingerprint density at radius 3 is 2.75 bits per heavy atom. The van der Waals surface area contributed by atoms with Gasteiger partial charge in [0.15, 0.2) is 0 Å². The molecule has 2 aromatic carbocycles. The van der Waals surface area contributed by atoms with Gasteiger partial charge in [0.1, 0.15) is 23.6 Å². The summed E-state index contributed by atoms with van der Waals surface area (Å²) in [5.74, 6) is 0.371. The van der Waals surface area contributed by atoms with E-state index >= 15 is 0 Å². The van der Waals surface area contributed by atoms with Gasteiger partial charge in [0.05, 0.1) is 24.6 Å². The van der Waals surface area contributed by atoms with Crippen LogP contribution in [0.1, 0.15) is 40.4 Å². The second kappa shape index (κ2) is 8.88. The van der Waals surface area contributed by atoms with E-state index in [1.54, 1.807) is 31.4 Å². The van der Waals surface area contributed by atoms with Gasteiger partial charge in [0, 0.05) is 22.7 Å². The number of carbonyl (C=O) groups is 1. The maximum atomic E-state index is 14.0. The summed E-state index contributed by atoms with van der Waals surface area (Å²) in [5.41, 5.74) is 3.21. The molecule has 10 heteroatoms. The molecule has 0 aliphatic heterocycles. The number of hydrogen-bond acceptors (Lipinski definition) is 7. The van der Waals surface area contributed by atoms with Crippen LogP contribution in [0.25, 0.3) is 22.4 Å². The lowest BCUT2D eigenvalue weighted by Gasteiger charge is -2.07.